The molecule has 0 aliphatic rings. The molecule has 1 unspecified atom stereocenters. The number of nitrogens with one attached hydrogen (secondary N) is 2. The van der Waals surface area contributed by atoms with E-state index in [0.29, 0.717) is 0 Å². The van der Waals surface area contributed by atoms with Crippen molar-refractivity contribution in [2.24, 2.45) is 5.84 Å². The minimum Gasteiger partial charge on any atom is -0.320 e. The first-order valence-electron chi connectivity index (χ1n) is 6.11. The Labute approximate surface area is 108 Å². The van der Waals surface area contributed by atoms with Gasteiger partial charge in [-0.3, -0.25) is 15.1 Å². The van der Waals surface area contributed by atoms with Crippen LogP contribution in [0, 0.1) is 0 Å². The highest BCUT2D eigenvalue weighted by Gasteiger charge is 2.23. The van der Waals surface area contributed by atoms with Crippen LogP contribution in [-0.2, 0) is 4.79 Å². The second-order valence-corrected chi connectivity index (χ2v) is 4.26. The topological polar surface area (TPSA) is 70.4 Å². The van der Waals surface area contributed by atoms with E-state index in [4.69, 9.17) is 5.84 Å². The summed E-state index contributed by atoms with van der Waals surface area (Å²) in [5.41, 5.74) is 3.19. The van der Waals surface area contributed by atoms with Crippen molar-refractivity contribution in [2.75, 3.05) is 27.2 Å². The molecule has 0 fully saturated rings. The zero-order valence-corrected chi connectivity index (χ0v) is 11.0. The Bertz CT molecular complexity index is 355. The van der Waals surface area contributed by atoms with Crippen LogP contribution >= 0.6 is 0 Å². The number of rotatable bonds is 7. The van der Waals surface area contributed by atoms with Gasteiger partial charge in [0.05, 0.1) is 0 Å². The minimum atomic E-state index is -0.340. The Balaban J connectivity index is 2.76. The number of carbonyl (C=O) groups is 1. The highest BCUT2D eigenvalue weighted by atomic mass is 16.2. The van der Waals surface area contributed by atoms with Crippen molar-refractivity contribution < 1.29 is 4.79 Å². The average molecular weight is 250 g/mol. The Kier molecular flexibility index (Phi) is 6.35. The van der Waals surface area contributed by atoms with Gasteiger partial charge in [-0.1, -0.05) is 30.3 Å². The highest BCUT2D eigenvalue weighted by Crippen LogP contribution is 2.19. The molecule has 0 saturated heterocycles. The van der Waals surface area contributed by atoms with Crippen LogP contribution in [0.15, 0.2) is 30.3 Å². The molecule has 1 amide bonds. The third-order valence-corrected chi connectivity index (χ3v) is 2.88. The van der Waals surface area contributed by atoms with E-state index in [9.17, 15) is 4.79 Å². The molecule has 0 saturated carbocycles. The summed E-state index contributed by atoms with van der Waals surface area (Å²) in [6.45, 7) is 1.75. The smallest absolute Gasteiger partial charge is 0.255 e. The maximum atomic E-state index is 11.9. The zero-order valence-electron chi connectivity index (χ0n) is 11.0. The number of hydrazine groups is 1. The predicted molar refractivity (Wildman–Crippen MR) is 72.7 cm³/mol. The second-order valence-electron chi connectivity index (χ2n) is 4.26. The molecule has 0 aliphatic heterocycles. The summed E-state index contributed by atoms with van der Waals surface area (Å²) >= 11 is 0. The van der Waals surface area contributed by atoms with Crippen LogP contribution in [0.2, 0.25) is 0 Å². The molecule has 1 atom stereocenters. The summed E-state index contributed by atoms with van der Waals surface area (Å²) in [6, 6.07) is 9.32. The first-order chi connectivity index (χ1) is 8.70. The van der Waals surface area contributed by atoms with Gasteiger partial charge in [0, 0.05) is 6.54 Å². The number of amides is 1. The van der Waals surface area contributed by atoms with Gasteiger partial charge in [0.1, 0.15) is 6.04 Å². The summed E-state index contributed by atoms with van der Waals surface area (Å²) in [4.78, 5) is 13.9. The summed E-state index contributed by atoms with van der Waals surface area (Å²) in [5, 5.41) is 3.09. The third kappa shape index (κ3) is 4.10. The summed E-state index contributed by atoms with van der Waals surface area (Å²) in [7, 11) is 3.85. The molecular formula is C13H22N4O. The molecule has 0 spiro atoms. The van der Waals surface area contributed by atoms with Gasteiger partial charge in [0.2, 0.25) is 0 Å². The maximum Gasteiger partial charge on any atom is 0.255 e. The molecule has 0 radical (unpaired) electrons. The van der Waals surface area contributed by atoms with E-state index in [1.165, 1.54) is 0 Å². The molecule has 0 aliphatic carbocycles. The van der Waals surface area contributed by atoms with Gasteiger partial charge < -0.3 is 5.32 Å². The number of benzene rings is 1. The van der Waals surface area contributed by atoms with E-state index < -0.39 is 0 Å². The van der Waals surface area contributed by atoms with Crippen LogP contribution in [0.1, 0.15) is 18.0 Å². The molecule has 1 aromatic carbocycles. The summed E-state index contributed by atoms with van der Waals surface area (Å²) < 4.78 is 0. The average Bonchev–Trinajstić information content (AvgIpc) is 2.40. The van der Waals surface area contributed by atoms with Crippen molar-refractivity contribution in [3.8, 4) is 0 Å². The lowest BCUT2D eigenvalue weighted by molar-refractivity contribution is -0.126. The largest absolute Gasteiger partial charge is 0.320 e. The summed E-state index contributed by atoms with van der Waals surface area (Å²) in [6.07, 6.45) is 0.980. The van der Waals surface area contributed by atoms with Crippen molar-refractivity contribution in [2.45, 2.75) is 12.5 Å². The Hall–Kier alpha value is -1.43. The number of nitrogens with two attached hydrogens (primary N) is 1. The van der Waals surface area contributed by atoms with Crippen LogP contribution in [0.25, 0.3) is 0 Å². The van der Waals surface area contributed by atoms with Crippen molar-refractivity contribution in [1.29, 1.82) is 0 Å². The number of hydrogen-bond donors (Lipinski definition) is 3. The number of hydrogen-bond acceptors (Lipinski definition) is 4. The Morgan fingerprint density at radius 1 is 1.39 bits per heavy atom. The zero-order chi connectivity index (χ0) is 13.4. The monoisotopic (exact) mass is 250 g/mol. The molecule has 18 heavy (non-hydrogen) atoms. The lowest BCUT2D eigenvalue weighted by Crippen LogP contribution is -2.42. The number of nitrogens with zero attached hydrogens (tertiary/aromatic N) is 1. The van der Waals surface area contributed by atoms with Crippen LogP contribution < -0.4 is 16.6 Å². The molecule has 1 rings (SSSR count). The number of likely N-dealkylation sites (N-methyl/N-ethyl adjacent to an activating group) is 1. The molecule has 5 nitrogen and oxygen atoms in total. The second kappa shape index (κ2) is 7.81. The molecule has 5 heteroatoms. The van der Waals surface area contributed by atoms with Gasteiger partial charge in [0.15, 0.2) is 0 Å². The van der Waals surface area contributed by atoms with Crippen molar-refractivity contribution in [3.63, 3.8) is 0 Å². The standard InChI is InChI=1S/C13H22N4O/c1-15-9-6-10-17(2)12(13(18)16-14)11-7-4-3-5-8-11/h3-5,7-8,12,15H,6,9-10,14H2,1-2H3,(H,16,18). The van der Waals surface area contributed by atoms with Gasteiger partial charge in [-0.2, -0.15) is 0 Å². The minimum absolute atomic E-state index is 0.187. The molecule has 4 N–H and O–H groups in total. The van der Waals surface area contributed by atoms with E-state index in [1.54, 1.807) is 0 Å². The van der Waals surface area contributed by atoms with E-state index in [0.717, 1.165) is 25.1 Å². The Morgan fingerprint density at radius 2 is 2.06 bits per heavy atom. The molecule has 0 aromatic heterocycles. The van der Waals surface area contributed by atoms with E-state index in [2.05, 4.69) is 10.7 Å². The van der Waals surface area contributed by atoms with E-state index in [1.807, 2.05) is 49.3 Å². The van der Waals surface area contributed by atoms with E-state index >= 15 is 0 Å². The SMILES string of the molecule is CNCCCN(C)C(C(=O)NN)c1ccccc1. The predicted octanol–water partition coefficient (Wildman–Crippen LogP) is 0.259. The van der Waals surface area contributed by atoms with Gasteiger partial charge >= 0.3 is 0 Å². The van der Waals surface area contributed by atoms with Crippen LogP contribution in [-0.4, -0.2) is 38.0 Å². The van der Waals surface area contributed by atoms with Crippen LogP contribution in [0.5, 0.6) is 0 Å². The molecule has 100 valence electrons. The Morgan fingerprint density at radius 3 is 2.61 bits per heavy atom. The molecule has 0 bridgehead atoms. The summed E-state index contributed by atoms with van der Waals surface area (Å²) in [5.74, 6) is 5.08. The normalized spacial score (nSPS) is 12.4. The number of carbonyl (C=O) groups excluding carboxylic acids is 1. The van der Waals surface area contributed by atoms with Gasteiger partial charge in [-0.15, -0.1) is 0 Å². The molecular weight excluding hydrogens is 228 g/mol. The lowest BCUT2D eigenvalue weighted by atomic mass is 10.0. The highest BCUT2D eigenvalue weighted by molar-refractivity contribution is 5.82. The van der Waals surface area contributed by atoms with Crippen LogP contribution in [0.3, 0.4) is 0 Å². The first kappa shape index (κ1) is 14.6. The van der Waals surface area contributed by atoms with Gasteiger partial charge in [-0.05, 0) is 32.6 Å². The quantitative estimate of drug-likeness (QED) is 0.281. The maximum absolute atomic E-state index is 11.9. The van der Waals surface area contributed by atoms with Crippen LogP contribution in [0.4, 0.5) is 0 Å². The molecule has 1 aromatic rings. The van der Waals surface area contributed by atoms with Gasteiger partial charge in [-0.25, -0.2) is 5.84 Å². The van der Waals surface area contributed by atoms with Gasteiger partial charge in [0.25, 0.3) is 5.91 Å². The molecule has 0 heterocycles. The first-order valence-corrected chi connectivity index (χ1v) is 6.11. The third-order valence-electron chi connectivity index (χ3n) is 2.88. The van der Waals surface area contributed by atoms with Crippen molar-refractivity contribution in [1.82, 2.24) is 15.6 Å². The van der Waals surface area contributed by atoms with E-state index in [-0.39, 0.29) is 11.9 Å². The fraction of sp³-hybridized carbons (Fsp3) is 0.462. The fourth-order valence-electron chi connectivity index (χ4n) is 1.95. The van der Waals surface area contributed by atoms with Crippen molar-refractivity contribution in [3.05, 3.63) is 35.9 Å². The fourth-order valence-corrected chi connectivity index (χ4v) is 1.95. The lowest BCUT2D eigenvalue weighted by Gasteiger charge is -2.26. The van der Waals surface area contributed by atoms with Crippen molar-refractivity contribution >= 4 is 5.91 Å².